The van der Waals surface area contributed by atoms with E-state index in [1.807, 2.05) is 66.2 Å². The lowest BCUT2D eigenvalue weighted by Crippen LogP contribution is -2.38. The Hall–Kier alpha value is -3.32. The number of amides is 2. The van der Waals surface area contributed by atoms with E-state index in [0.29, 0.717) is 19.6 Å². The Labute approximate surface area is 167 Å². The van der Waals surface area contributed by atoms with Crippen LogP contribution in [0, 0.1) is 0 Å². The smallest absolute Gasteiger partial charge is 0.318 e. The average molecular weight is 392 g/mol. The van der Waals surface area contributed by atoms with Gasteiger partial charge in [-0.3, -0.25) is 0 Å². The zero-order chi connectivity index (χ0) is 19.2. The molecule has 142 valence electrons. The Morgan fingerprint density at radius 2 is 2.00 bits per heavy atom. The van der Waals surface area contributed by atoms with Gasteiger partial charge in [-0.1, -0.05) is 24.3 Å². The molecular formula is C21H20N4O2S. The van der Waals surface area contributed by atoms with E-state index >= 15 is 0 Å². The fourth-order valence-corrected chi connectivity index (χ4v) is 3.56. The Kier molecular flexibility index (Phi) is 5.53. The molecule has 2 amide bonds. The van der Waals surface area contributed by atoms with Crippen LogP contribution in [0.2, 0.25) is 0 Å². The monoisotopic (exact) mass is 392 g/mol. The molecule has 6 nitrogen and oxygen atoms in total. The summed E-state index contributed by atoms with van der Waals surface area (Å²) in [6.45, 7) is 1.36. The first-order valence-electron chi connectivity index (χ1n) is 8.94. The second-order valence-corrected chi connectivity index (χ2v) is 7.33. The SMILES string of the molecule is O=C(NCc1cnn(-c2ccccc2)c1)N(Cc1ccco1)Cc1cccs1. The third-order valence-corrected chi connectivity index (χ3v) is 5.10. The molecule has 1 N–H and O–H groups in total. The van der Waals surface area contributed by atoms with Gasteiger partial charge in [-0.2, -0.15) is 5.10 Å². The molecule has 0 aliphatic rings. The number of thiophene rings is 1. The summed E-state index contributed by atoms with van der Waals surface area (Å²) in [6.07, 6.45) is 5.31. The highest BCUT2D eigenvalue weighted by molar-refractivity contribution is 7.09. The van der Waals surface area contributed by atoms with Crippen molar-refractivity contribution in [3.63, 3.8) is 0 Å². The molecule has 0 bridgehead atoms. The normalized spacial score (nSPS) is 10.7. The van der Waals surface area contributed by atoms with E-state index in [4.69, 9.17) is 4.42 Å². The number of rotatable bonds is 7. The Bertz CT molecular complexity index is 958. The number of hydrogen-bond donors (Lipinski definition) is 1. The molecule has 4 aromatic rings. The minimum Gasteiger partial charge on any atom is -0.467 e. The van der Waals surface area contributed by atoms with Crippen molar-refractivity contribution >= 4 is 17.4 Å². The van der Waals surface area contributed by atoms with Gasteiger partial charge in [-0.15, -0.1) is 11.3 Å². The molecule has 3 heterocycles. The van der Waals surface area contributed by atoms with Crippen LogP contribution in [-0.4, -0.2) is 20.7 Å². The Morgan fingerprint density at radius 3 is 2.75 bits per heavy atom. The van der Waals surface area contributed by atoms with Gasteiger partial charge in [-0.05, 0) is 35.7 Å². The standard InChI is InChI=1S/C21H20N4O2S/c26-21(22-12-17-13-23-25(14-17)18-6-2-1-3-7-18)24(15-19-8-4-10-27-19)16-20-9-5-11-28-20/h1-11,13-14H,12,15-16H2,(H,22,26). The van der Waals surface area contributed by atoms with Crippen molar-refractivity contribution < 1.29 is 9.21 Å². The van der Waals surface area contributed by atoms with Crippen LogP contribution in [0.25, 0.3) is 5.69 Å². The maximum absolute atomic E-state index is 12.8. The minimum atomic E-state index is -0.141. The van der Waals surface area contributed by atoms with Crippen LogP contribution < -0.4 is 5.32 Å². The molecule has 3 aromatic heterocycles. The molecule has 0 saturated carbocycles. The van der Waals surface area contributed by atoms with Crippen molar-refractivity contribution in [2.75, 3.05) is 0 Å². The van der Waals surface area contributed by atoms with E-state index < -0.39 is 0 Å². The molecule has 7 heteroatoms. The molecule has 0 aliphatic heterocycles. The van der Waals surface area contributed by atoms with Crippen LogP contribution in [-0.2, 0) is 19.6 Å². The fraction of sp³-hybridized carbons (Fsp3) is 0.143. The first-order chi connectivity index (χ1) is 13.8. The van der Waals surface area contributed by atoms with Crippen molar-refractivity contribution in [3.05, 3.63) is 94.8 Å². The van der Waals surface area contributed by atoms with Gasteiger partial charge in [0, 0.05) is 23.2 Å². The number of carbonyl (C=O) groups excluding carboxylic acids is 1. The summed E-state index contributed by atoms with van der Waals surface area (Å²) in [4.78, 5) is 15.7. The number of nitrogens with zero attached hydrogens (tertiary/aromatic N) is 3. The third-order valence-electron chi connectivity index (χ3n) is 4.24. The van der Waals surface area contributed by atoms with Gasteiger partial charge in [0.1, 0.15) is 5.76 Å². The molecule has 0 atom stereocenters. The molecule has 0 radical (unpaired) electrons. The number of hydrogen-bond acceptors (Lipinski definition) is 4. The highest BCUT2D eigenvalue weighted by atomic mass is 32.1. The molecule has 0 saturated heterocycles. The van der Waals surface area contributed by atoms with Crippen LogP contribution >= 0.6 is 11.3 Å². The molecule has 1 aromatic carbocycles. The number of nitrogens with one attached hydrogen (secondary N) is 1. The third kappa shape index (κ3) is 4.50. The second kappa shape index (κ2) is 8.58. The highest BCUT2D eigenvalue weighted by Gasteiger charge is 2.16. The number of carbonyl (C=O) groups is 1. The lowest BCUT2D eigenvalue weighted by atomic mass is 10.3. The number of urea groups is 1. The quantitative estimate of drug-likeness (QED) is 0.506. The molecule has 4 rings (SSSR count). The van der Waals surface area contributed by atoms with Crippen LogP contribution in [0.15, 0.2) is 83.1 Å². The van der Waals surface area contributed by atoms with Gasteiger partial charge in [0.25, 0.3) is 0 Å². The second-order valence-electron chi connectivity index (χ2n) is 6.30. The Balaban J connectivity index is 1.40. The van der Waals surface area contributed by atoms with Crippen molar-refractivity contribution in [2.24, 2.45) is 0 Å². The molecule has 0 aliphatic carbocycles. The van der Waals surface area contributed by atoms with Gasteiger partial charge in [0.15, 0.2) is 0 Å². The van der Waals surface area contributed by atoms with E-state index in [9.17, 15) is 4.79 Å². The van der Waals surface area contributed by atoms with Crippen molar-refractivity contribution in [1.82, 2.24) is 20.0 Å². The zero-order valence-corrected chi connectivity index (χ0v) is 16.0. The number of para-hydroxylation sites is 1. The molecular weight excluding hydrogens is 372 g/mol. The lowest BCUT2D eigenvalue weighted by molar-refractivity contribution is 0.187. The van der Waals surface area contributed by atoms with Gasteiger partial charge in [0.05, 0.1) is 31.2 Å². The van der Waals surface area contributed by atoms with Crippen molar-refractivity contribution in [1.29, 1.82) is 0 Å². The average Bonchev–Trinajstić information content (AvgIpc) is 3.49. The van der Waals surface area contributed by atoms with Gasteiger partial charge < -0.3 is 14.6 Å². The molecule has 0 fully saturated rings. The van der Waals surface area contributed by atoms with Gasteiger partial charge >= 0.3 is 6.03 Å². The summed E-state index contributed by atoms with van der Waals surface area (Å²) >= 11 is 1.63. The van der Waals surface area contributed by atoms with E-state index in [2.05, 4.69) is 10.4 Å². The predicted molar refractivity (Wildman–Crippen MR) is 108 cm³/mol. The van der Waals surface area contributed by atoms with E-state index in [0.717, 1.165) is 21.9 Å². The maximum atomic E-state index is 12.8. The van der Waals surface area contributed by atoms with E-state index in [-0.39, 0.29) is 6.03 Å². The first kappa shape index (κ1) is 18.1. The van der Waals surface area contributed by atoms with Crippen LogP contribution in [0.4, 0.5) is 4.79 Å². The molecule has 28 heavy (non-hydrogen) atoms. The molecule has 0 unspecified atom stereocenters. The minimum absolute atomic E-state index is 0.141. The topological polar surface area (TPSA) is 63.3 Å². The summed E-state index contributed by atoms with van der Waals surface area (Å²) in [7, 11) is 0. The summed E-state index contributed by atoms with van der Waals surface area (Å²) < 4.78 is 7.22. The first-order valence-corrected chi connectivity index (χ1v) is 9.82. The summed E-state index contributed by atoms with van der Waals surface area (Å²) in [6, 6.07) is 17.5. The van der Waals surface area contributed by atoms with Crippen LogP contribution in [0.3, 0.4) is 0 Å². The van der Waals surface area contributed by atoms with Crippen LogP contribution in [0.5, 0.6) is 0 Å². The fourth-order valence-electron chi connectivity index (χ4n) is 2.84. The van der Waals surface area contributed by atoms with Gasteiger partial charge in [0.2, 0.25) is 0 Å². The van der Waals surface area contributed by atoms with Gasteiger partial charge in [-0.25, -0.2) is 9.48 Å². The van der Waals surface area contributed by atoms with Crippen LogP contribution in [0.1, 0.15) is 16.2 Å². The van der Waals surface area contributed by atoms with E-state index in [1.165, 1.54) is 0 Å². The number of furan rings is 1. The van der Waals surface area contributed by atoms with E-state index in [1.54, 1.807) is 33.4 Å². The highest BCUT2D eigenvalue weighted by Crippen LogP contribution is 2.15. The van der Waals surface area contributed by atoms with Crippen molar-refractivity contribution in [3.8, 4) is 5.69 Å². The largest absolute Gasteiger partial charge is 0.467 e. The Morgan fingerprint density at radius 1 is 1.11 bits per heavy atom. The number of benzene rings is 1. The lowest BCUT2D eigenvalue weighted by Gasteiger charge is -2.21. The predicted octanol–water partition coefficient (Wildman–Crippen LogP) is 4.44. The summed E-state index contributed by atoms with van der Waals surface area (Å²) in [5, 5.41) is 9.36. The number of aromatic nitrogens is 2. The molecule has 0 spiro atoms. The zero-order valence-electron chi connectivity index (χ0n) is 15.2. The summed E-state index contributed by atoms with van der Waals surface area (Å²) in [5.74, 6) is 0.753. The van der Waals surface area contributed by atoms with Crippen molar-refractivity contribution in [2.45, 2.75) is 19.6 Å². The maximum Gasteiger partial charge on any atom is 0.318 e. The summed E-state index contributed by atoms with van der Waals surface area (Å²) in [5.41, 5.74) is 1.92.